The number of rotatable bonds is 0. The SMILES string of the molecule is [Cl][Ti]([Cl])[Cl].[MgH2]. The molecule has 0 fully saturated rings. The second-order valence-corrected chi connectivity index (χ2v) is 7.95. The average Bonchev–Trinajstić information content (AvgIpc) is 0.811. The van der Waals surface area contributed by atoms with Gasteiger partial charge in [-0.15, -0.1) is 0 Å². The third-order valence-electron chi connectivity index (χ3n) is 0. The Balaban J connectivity index is 0. The molecule has 5 heteroatoms. The summed E-state index contributed by atoms with van der Waals surface area (Å²) in [6.45, 7) is 0. The Labute approximate surface area is 64.8 Å². The van der Waals surface area contributed by atoms with Crippen LogP contribution in [-0.2, 0) is 14.7 Å². The first kappa shape index (κ1) is 10.4. The van der Waals surface area contributed by atoms with Gasteiger partial charge in [-0.2, -0.15) is 0 Å². The topological polar surface area (TPSA) is 0 Å². The zero-order chi connectivity index (χ0) is 3.58. The summed E-state index contributed by atoms with van der Waals surface area (Å²) >= 11 is -1.92. The molecule has 0 atom stereocenters. The zero-order valence-corrected chi connectivity index (χ0v) is 5.46. The molecular weight excluding hydrogens is 179 g/mol. The minimum Gasteiger partial charge on any atom is 0.316 e. The van der Waals surface area contributed by atoms with E-state index in [2.05, 4.69) is 0 Å². The molecule has 5 heavy (non-hydrogen) atoms. The zero-order valence-electron chi connectivity index (χ0n) is 1.63. The Hall–Kier alpha value is 2.35. The normalized spacial score (nSPS) is 5.40. The van der Waals surface area contributed by atoms with E-state index in [9.17, 15) is 0 Å². The van der Waals surface area contributed by atoms with Gasteiger partial charge in [0.2, 0.25) is 0 Å². The first-order valence-electron chi connectivity index (χ1n) is 0.567. The molecule has 0 aromatic rings. The van der Waals surface area contributed by atoms with Gasteiger partial charge < -0.3 is 0 Å². The van der Waals surface area contributed by atoms with Crippen LogP contribution in [0.1, 0.15) is 0 Å². The molecule has 0 saturated heterocycles. The van der Waals surface area contributed by atoms with Crippen molar-refractivity contribution >= 4 is 51.0 Å². The van der Waals surface area contributed by atoms with E-state index in [0.717, 1.165) is 0 Å². The molecule has 0 aliphatic rings. The maximum Gasteiger partial charge on any atom is 0.316 e. The van der Waals surface area contributed by atoms with Crippen molar-refractivity contribution < 1.29 is 14.7 Å². The van der Waals surface area contributed by atoms with Gasteiger partial charge in [0.15, 0.2) is 0 Å². The fourth-order valence-corrected chi connectivity index (χ4v) is 0. The fraction of sp³-hybridized carbons (Fsp3) is 0. The molecule has 0 aromatic carbocycles. The van der Waals surface area contributed by atoms with Crippen LogP contribution in [0.3, 0.4) is 0 Å². The predicted molar refractivity (Wildman–Crippen MR) is 26.1 cm³/mol. The van der Waals surface area contributed by atoms with Crippen molar-refractivity contribution in [3.63, 3.8) is 0 Å². The van der Waals surface area contributed by atoms with Gasteiger partial charge >= 0.3 is 65.7 Å². The summed E-state index contributed by atoms with van der Waals surface area (Å²) in [6, 6.07) is 0. The van der Waals surface area contributed by atoms with E-state index in [4.69, 9.17) is 27.9 Å². The molecule has 0 rings (SSSR count). The van der Waals surface area contributed by atoms with Crippen LogP contribution in [0.25, 0.3) is 0 Å². The second kappa shape index (κ2) is 6.35. The molecule has 0 aliphatic heterocycles. The summed E-state index contributed by atoms with van der Waals surface area (Å²) in [7, 11) is 14.9. The summed E-state index contributed by atoms with van der Waals surface area (Å²) in [5.41, 5.74) is 0. The van der Waals surface area contributed by atoms with E-state index in [1.807, 2.05) is 0 Å². The largest absolute Gasteiger partial charge is 0.316 e. The number of hydrogen-bond donors (Lipinski definition) is 0. The fourth-order valence-electron chi connectivity index (χ4n) is 0. The van der Waals surface area contributed by atoms with Crippen LogP contribution in [0, 0.1) is 0 Å². The van der Waals surface area contributed by atoms with Crippen molar-refractivity contribution in [2.45, 2.75) is 0 Å². The average molecular weight is 181 g/mol. The molecular formula is H2Cl3MgTi. The van der Waals surface area contributed by atoms with E-state index in [-0.39, 0.29) is 23.1 Å². The van der Waals surface area contributed by atoms with Gasteiger partial charge in [-0.25, -0.2) is 0 Å². The van der Waals surface area contributed by atoms with E-state index in [0.29, 0.717) is 0 Å². The summed E-state index contributed by atoms with van der Waals surface area (Å²) in [6.07, 6.45) is 0. The van der Waals surface area contributed by atoms with Gasteiger partial charge in [-0.05, 0) is 0 Å². The van der Waals surface area contributed by atoms with Crippen LogP contribution >= 0.6 is 27.9 Å². The van der Waals surface area contributed by atoms with Crippen molar-refractivity contribution in [1.82, 2.24) is 0 Å². The monoisotopic (exact) mass is 179 g/mol. The first-order chi connectivity index (χ1) is 1.73. The van der Waals surface area contributed by atoms with E-state index in [1.165, 1.54) is 0 Å². The maximum atomic E-state index is 4.97. The molecule has 0 N–H and O–H groups in total. The Morgan fingerprint density at radius 3 is 1.00 bits per heavy atom. The molecule has 0 bridgehead atoms. The Morgan fingerprint density at radius 1 is 1.00 bits per heavy atom. The minimum atomic E-state index is -1.92. The van der Waals surface area contributed by atoms with Crippen LogP contribution in [-0.4, -0.2) is 23.1 Å². The number of hydrogen-bond acceptors (Lipinski definition) is 0. The van der Waals surface area contributed by atoms with Crippen molar-refractivity contribution in [3.8, 4) is 0 Å². The summed E-state index contributed by atoms with van der Waals surface area (Å²) in [4.78, 5) is 0. The van der Waals surface area contributed by atoms with Crippen LogP contribution in [0.15, 0.2) is 0 Å². The van der Waals surface area contributed by atoms with Crippen LogP contribution in [0.2, 0.25) is 0 Å². The van der Waals surface area contributed by atoms with Gasteiger partial charge in [0, 0.05) is 0 Å². The van der Waals surface area contributed by atoms with Gasteiger partial charge in [-0.1, -0.05) is 0 Å². The Morgan fingerprint density at radius 2 is 1.00 bits per heavy atom. The molecule has 0 saturated carbocycles. The van der Waals surface area contributed by atoms with Crippen LogP contribution in [0.4, 0.5) is 0 Å². The molecule has 0 nitrogen and oxygen atoms in total. The van der Waals surface area contributed by atoms with Gasteiger partial charge in [0.05, 0.1) is 0 Å². The van der Waals surface area contributed by atoms with Crippen molar-refractivity contribution in [2.24, 2.45) is 0 Å². The predicted octanol–water partition coefficient (Wildman–Crippen LogP) is 1.15. The summed E-state index contributed by atoms with van der Waals surface area (Å²) in [5, 5.41) is 0. The summed E-state index contributed by atoms with van der Waals surface area (Å²) < 4.78 is 0. The van der Waals surface area contributed by atoms with Crippen molar-refractivity contribution in [3.05, 3.63) is 0 Å². The molecule has 0 aromatic heterocycles. The van der Waals surface area contributed by atoms with E-state index >= 15 is 0 Å². The molecule has 0 heterocycles. The quantitative estimate of drug-likeness (QED) is 0.491. The van der Waals surface area contributed by atoms with Crippen LogP contribution < -0.4 is 0 Å². The Kier molecular flexibility index (Phi) is 13.2. The van der Waals surface area contributed by atoms with E-state index < -0.39 is 14.7 Å². The molecule has 0 spiro atoms. The second-order valence-electron chi connectivity index (χ2n) is 0.214. The third-order valence-corrected chi connectivity index (χ3v) is 0. The molecule has 0 radical (unpaired) electrons. The third kappa shape index (κ3) is 21.8. The number of halogens is 3. The Bertz CT molecular complexity index is 11.6. The van der Waals surface area contributed by atoms with Crippen molar-refractivity contribution in [2.75, 3.05) is 0 Å². The van der Waals surface area contributed by atoms with Gasteiger partial charge in [0.25, 0.3) is 0 Å². The minimum absolute atomic E-state index is 0. The molecule has 29 valence electrons. The van der Waals surface area contributed by atoms with Gasteiger partial charge in [-0.3, -0.25) is 0 Å². The van der Waals surface area contributed by atoms with E-state index in [1.54, 1.807) is 0 Å². The smallest absolute Gasteiger partial charge is 0.316 e. The van der Waals surface area contributed by atoms with Crippen molar-refractivity contribution in [1.29, 1.82) is 0 Å². The standard InChI is InChI=1S/3ClH.Mg.Ti.2H/h3*1H;;;;/q;;;;+3;;/p-3. The van der Waals surface area contributed by atoms with Crippen LogP contribution in [0.5, 0.6) is 0 Å². The maximum absolute atomic E-state index is 4.97. The molecule has 0 aliphatic carbocycles. The molecule has 0 unspecified atom stereocenters. The van der Waals surface area contributed by atoms with Gasteiger partial charge in [0.1, 0.15) is 0 Å². The first-order valence-corrected chi connectivity index (χ1v) is 7.01. The molecule has 0 amide bonds. The summed E-state index contributed by atoms with van der Waals surface area (Å²) in [5.74, 6) is 0.